The molecule has 1 aliphatic rings. The summed E-state index contributed by atoms with van der Waals surface area (Å²) < 4.78 is 35.2. The molecule has 0 radical (unpaired) electrons. The Labute approximate surface area is 358 Å². The first-order chi connectivity index (χ1) is 28.6. The molecule has 2 unspecified atom stereocenters. The number of hydrogen-bond acceptors (Lipinski definition) is 10. The summed E-state index contributed by atoms with van der Waals surface area (Å²) >= 11 is 0. The fourth-order valence-electron chi connectivity index (χ4n) is 6.71. The van der Waals surface area contributed by atoms with E-state index in [1.54, 1.807) is 0 Å². The van der Waals surface area contributed by atoms with E-state index < -0.39 is 17.3 Å². The Balaban J connectivity index is 1.45. The number of allylic oxidation sites excluding steroid dienone is 1. The summed E-state index contributed by atoms with van der Waals surface area (Å²) in [6.07, 6.45) is 9.77. The average Bonchev–Trinajstić information content (AvgIpc) is 3.22. The van der Waals surface area contributed by atoms with Crippen LogP contribution >= 0.6 is 0 Å². The molecular weight excluding hydrogens is 765 g/mol. The molecule has 0 saturated carbocycles. The number of amides is 2. The van der Waals surface area contributed by atoms with Crippen molar-refractivity contribution in [3.8, 4) is 17.2 Å². The first-order valence-corrected chi connectivity index (χ1v) is 21.8. The Hall–Kier alpha value is -4.58. The predicted molar refractivity (Wildman–Crippen MR) is 234 cm³/mol. The van der Waals surface area contributed by atoms with Gasteiger partial charge < -0.3 is 39.1 Å². The number of benzene rings is 2. The lowest BCUT2D eigenvalue weighted by Crippen LogP contribution is -2.46. The molecule has 2 aromatic rings. The first kappa shape index (κ1) is 49.8. The van der Waals surface area contributed by atoms with Gasteiger partial charge in [-0.05, 0) is 122 Å². The third-order valence-electron chi connectivity index (χ3n) is 11.0. The summed E-state index contributed by atoms with van der Waals surface area (Å²) in [7, 11) is 1.37. The normalized spacial score (nSPS) is 14.5. The van der Waals surface area contributed by atoms with Crippen molar-refractivity contribution in [2.75, 3.05) is 46.6 Å². The zero-order chi connectivity index (χ0) is 44.2. The quantitative estimate of drug-likeness (QED) is 0.0508. The number of esters is 1. The lowest BCUT2D eigenvalue weighted by atomic mass is 9.86. The Kier molecular flexibility index (Phi) is 20.4. The van der Waals surface area contributed by atoms with Crippen LogP contribution in [0.25, 0.3) is 0 Å². The van der Waals surface area contributed by atoms with Crippen LogP contribution in [0.2, 0.25) is 0 Å². The number of ketones is 1. The van der Waals surface area contributed by atoms with Gasteiger partial charge in [0, 0.05) is 54.5 Å². The van der Waals surface area contributed by atoms with Gasteiger partial charge in [0.2, 0.25) is 5.91 Å². The highest BCUT2D eigenvalue weighted by Gasteiger charge is 2.31. The van der Waals surface area contributed by atoms with Crippen LogP contribution in [0.3, 0.4) is 0 Å². The number of nitrogens with one attached hydrogen (secondary N) is 2. The second kappa shape index (κ2) is 24.6. The number of hydrogen-bond donors (Lipinski definition) is 2. The molecule has 0 saturated heterocycles. The minimum absolute atomic E-state index is 0.100. The van der Waals surface area contributed by atoms with Crippen LogP contribution in [0.15, 0.2) is 43.0 Å². The van der Waals surface area contributed by atoms with Crippen LogP contribution in [-0.2, 0) is 43.1 Å². The topological polar surface area (TPSA) is 148 Å². The highest BCUT2D eigenvalue weighted by Crippen LogP contribution is 2.33. The van der Waals surface area contributed by atoms with Gasteiger partial charge in [0.25, 0.3) is 0 Å². The van der Waals surface area contributed by atoms with Crippen molar-refractivity contribution in [2.45, 2.75) is 143 Å². The van der Waals surface area contributed by atoms with Gasteiger partial charge in [0.15, 0.2) is 5.78 Å². The van der Waals surface area contributed by atoms with Gasteiger partial charge in [0.05, 0.1) is 39.1 Å². The number of rotatable bonds is 27. The highest BCUT2D eigenvalue weighted by molar-refractivity contribution is 5.99. The minimum Gasteiger partial charge on any atom is -0.493 e. The molecule has 60 heavy (non-hydrogen) atoms. The summed E-state index contributed by atoms with van der Waals surface area (Å²) in [4.78, 5) is 49.7. The fraction of sp³-hybridized carbons (Fsp3) is 0.625. The Morgan fingerprint density at radius 1 is 0.783 bits per heavy atom. The summed E-state index contributed by atoms with van der Waals surface area (Å²) in [6, 6.07) is 9.42. The van der Waals surface area contributed by atoms with E-state index in [1.165, 1.54) is 7.11 Å². The van der Waals surface area contributed by atoms with Crippen molar-refractivity contribution in [1.82, 2.24) is 10.6 Å². The fourth-order valence-corrected chi connectivity index (χ4v) is 6.71. The third kappa shape index (κ3) is 16.8. The van der Waals surface area contributed by atoms with Crippen molar-refractivity contribution in [2.24, 2.45) is 5.41 Å². The largest absolute Gasteiger partial charge is 0.493 e. The van der Waals surface area contributed by atoms with Gasteiger partial charge in [-0.2, -0.15) is 0 Å². The third-order valence-corrected chi connectivity index (χ3v) is 11.0. The molecule has 0 aliphatic heterocycles. The summed E-state index contributed by atoms with van der Waals surface area (Å²) in [5, 5.41) is 5.90. The van der Waals surface area contributed by atoms with Gasteiger partial charge in [-0.25, -0.2) is 4.79 Å². The molecule has 3 rings (SSSR count). The predicted octanol–water partition coefficient (Wildman–Crippen LogP) is 9.07. The number of Topliss-reactive ketones (excluding diaryl/α,β-unsaturated/α-hetero) is 1. The molecule has 2 amide bonds. The molecule has 0 aromatic heterocycles. The number of alkyl carbamates (subject to hydrolysis) is 1. The molecule has 12 heteroatoms. The maximum atomic E-state index is 12.9. The molecular formula is C48H72N2O10. The standard InChI is InChI=1S/C48H72N2O10/c1-10-19-37-35-20-16-21-39(51)36(35)25-27-42(37)57-30-15-13-14-29-56-40-22-17-23-41(38(40)26-28-44(53)55-9)58-31-18-24-43(52)49-33-48(8,12-3)59-34-47(7,11-2)32-50-45(54)60-46(4,5)6/h10,17,22-23,25,27H,1,11-16,18-21,24,26,28-34H2,2-9H3,(H,49,52)(H,50,54). The SMILES string of the molecule is C=CCc1c(OCCCCCOc2cccc(OCCCC(=O)NCC(C)(CC)OCC(C)(CC)CNC(=O)OC(C)(C)C)c2CCC(=O)OC)ccc2c1CCCC2=O. The molecule has 0 spiro atoms. The molecule has 334 valence electrons. The van der Waals surface area contributed by atoms with Crippen molar-refractivity contribution in [3.05, 3.63) is 65.2 Å². The maximum absolute atomic E-state index is 12.9. The van der Waals surface area contributed by atoms with Crippen molar-refractivity contribution >= 4 is 23.8 Å². The molecule has 2 atom stereocenters. The first-order valence-electron chi connectivity index (χ1n) is 21.8. The molecule has 1 aliphatic carbocycles. The number of carbonyl (C=O) groups excluding carboxylic acids is 4. The second-order valence-corrected chi connectivity index (χ2v) is 17.2. The second-order valence-electron chi connectivity index (χ2n) is 17.2. The van der Waals surface area contributed by atoms with E-state index in [-0.39, 0.29) is 35.9 Å². The van der Waals surface area contributed by atoms with Gasteiger partial charge in [-0.15, -0.1) is 6.58 Å². The molecule has 2 N–H and O–H groups in total. The molecule has 12 nitrogen and oxygen atoms in total. The highest BCUT2D eigenvalue weighted by atomic mass is 16.6. The van der Waals surface area contributed by atoms with E-state index in [2.05, 4.69) is 31.1 Å². The number of fused-ring (bicyclic) bond motifs is 1. The van der Waals surface area contributed by atoms with Crippen LogP contribution in [0, 0.1) is 5.41 Å². The average molecular weight is 837 g/mol. The van der Waals surface area contributed by atoms with E-state index in [1.807, 2.05) is 71.0 Å². The van der Waals surface area contributed by atoms with Crippen LogP contribution < -0.4 is 24.8 Å². The lowest BCUT2D eigenvalue weighted by Gasteiger charge is -2.35. The van der Waals surface area contributed by atoms with E-state index in [0.29, 0.717) is 83.1 Å². The smallest absolute Gasteiger partial charge is 0.407 e. The van der Waals surface area contributed by atoms with Crippen molar-refractivity contribution in [3.63, 3.8) is 0 Å². The van der Waals surface area contributed by atoms with E-state index in [0.717, 1.165) is 66.5 Å². The van der Waals surface area contributed by atoms with Crippen LogP contribution in [0.4, 0.5) is 4.79 Å². The van der Waals surface area contributed by atoms with Crippen LogP contribution in [-0.4, -0.2) is 81.6 Å². The lowest BCUT2D eigenvalue weighted by molar-refractivity contribution is -0.140. The molecule has 0 bridgehead atoms. The van der Waals surface area contributed by atoms with Crippen molar-refractivity contribution in [1.29, 1.82) is 0 Å². The van der Waals surface area contributed by atoms with E-state index >= 15 is 0 Å². The Morgan fingerprint density at radius 2 is 1.43 bits per heavy atom. The van der Waals surface area contributed by atoms with Crippen LogP contribution in [0.5, 0.6) is 17.2 Å². The van der Waals surface area contributed by atoms with E-state index in [9.17, 15) is 19.2 Å². The monoisotopic (exact) mass is 837 g/mol. The Morgan fingerprint density at radius 3 is 2.03 bits per heavy atom. The number of methoxy groups -OCH3 is 1. The van der Waals surface area contributed by atoms with Crippen molar-refractivity contribution < 1.29 is 47.6 Å². The minimum atomic E-state index is -0.585. The number of unbranched alkanes of at least 4 members (excludes halogenated alkanes) is 2. The summed E-state index contributed by atoms with van der Waals surface area (Å²) in [6.45, 7) is 20.0. The number of ether oxygens (including phenoxy) is 6. The molecule has 0 fully saturated rings. The number of carbonyl (C=O) groups is 4. The molecule has 2 aromatic carbocycles. The van der Waals surface area contributed by atoms with Gasteiger partial charge in [0.1, 0.15) is 22.8 Å². The summed E-state index contributed by atoms with van der Waals surface area (Å²) in [5.41, 5.74) is 2.31. The van der Waals surface area contributed by atoms with Gasteiger partial charge in [-0.3, -0.25) is 14.4 Å². The molecule has 0 heterocycles. The maximum Gasteiger partial charge on any atom is 0.407 e. The zero-order valence-electron chi connectivity index (χ0n) is 37.7. The summed E-state index contributed by atoms with van der Waals surface area (Å²) in [5.74, 6) is 1.87. The van der Waals surface area contributed by atoms with E-state index in [4.69, 9.17) is 28.4 Å². The Bertz CT molecular complexity index is 1720. The van der Waals surface area contributed by atoms with Crippen LogP contribution in [0.1, 0.15) is 140 Å². The van der Waals surface area contributed by atoms with Gasteiger partial charge in [-0.1, -0.05) is 32.9 Å². The zero-order valence-corrected chi connectivity index (χ0v) is 37.7. The van der Waals surface area contributed by atoms with Gasteiger partial charge >= 0.3 is 12.1 Å².